The summed E-state index contributed by atoms with van der Waals surface area (Å²) in [6.07, 6.45) is -0.201. The second kappa shape index (κ2) is 9.57. The van der Waals surface area contributed by atoms with Crippen molar-refractivity contribution >= 4 is 27.6 Å². The average Bonchev–Trinajstić information content (AvgIpc) is 3.12. The van der Waals surface area contributed by atoms with Crippen LogP contribution in [-0.2, 0) is 21.0 Å². The number of carboxylic acids is 1. The van der Waals surface area contributed by atoms with E-state index in [0.29, 0.717) is 36.0 Å². The Hall–Kier alpha value is -3.67. The number of halogens is 3. The number of carboxylic acid groups (broad SMARTS) is 1. The van der Waals surface area contributed by atoms with Crippen LogP contribution in [0.15, 0.2) is 59.8 Å². The summed E-state index contributed by atoms with van der Waals surface area (Å²) in [4.78, 5) is 21.5. The first-order valence-corrected chi connectivity index (χ1v) is 13.6. The predicted octanol–water partition coefficient (Wildman–Crippen LogP) is 5.10. The van der Waals surface area contributed by atoms with Crippen LogP contribution in [0, 0.1) is 12.8 Å². The Balaban J connectivity index is 1.45. The maximum Gasteiger partial charge on any atom is 0.418 e. The number of anilines is 2. The van der Waals surface area contributed by atoms with E-state index in [1.807, 2.05) is 4.90 Å². The van der Waals surface area contributed by atoms with E-state index < -0.39 is 33.7 Å². The molecule has 0 spiro atoms. The van der Waals surface area contributed by atoms with Gasteiger partial charge in [-0.3, -0.25) is 9.52 Å². The maximum absolute atomic E-state index is 13.7. The minimum Gasteiger partial charge on any atom is -0.481 e. The molecule has 4 heterocycles. The lowest BCUT2D eigenvalue weighted by atomic mass is 9.91. The molecule has 12 heteroatoms. The van der Waals surface area contributed by atoms with E-state index in [2.05, 4.69) is 14.7 Å². The molecule has 2 N–H and O–H groups in total. The van der Waals surface area contributed by atoms with E-state index in [1.54, 1.807) is 25.1 Å². The molecule has 8 nitrogen and oxygen atoms in total. The zero-order valence-corrected chi connectivity index (χ0v) is 21.1. The van der Waals surface area contributed by atoms with Gasteiger partial charge in [-0.2, -0.15) is 13.2 Å². The molecule has 2 bridgehead atoms. The molecule has 0 aliphatic carbocycles. The van der Waals surface area contributed by atoms with Crippen molar-refractivity contribution in [1.82, 2.24) is 9.97 Å². The monoisotopic (exact) mass is 546 g/mol. The lowest BCUT2D eigenvalue weighted by Gasteiger charge is -2.38. The van der Waals surface area contributed by atoms with Gasteiger partial charge in [-0.05, 0) is 61.4 Å². The summed E-state index contributed by atoms with van der Waals surface area (Å²) in [7, 11) is -4.23. The molecular formula is C26H25F3N4O4S. The van der Waals surface area contributed by atoms with Crippen molar-refractivity contribution in [3.63, 3.8) is 0 Å². The van der Waals surface area contributed by atoms with Crippen molar-refractivity contribution in [2.45, 2.75) is 55.8 Å². The highest BCUT2D eigenvalue weighted by atomic mass is 32.2. The van der Waals surface area contributed by atoms with E-state index in [1.165, 1.54) is 24.4 Å². The zero-order valence-electron chi connectivity index (χ0n) is 20.3. The molecule has 2 unspecified atom stereocenters. The molecule has 0 amide bonds. The molecule has 38 heavy (non-hydrogen) atoms. The van der Waals surface area contributed by atoms with Gasteiger partial charge in [0.05, 0.1) is 16.4 Å². The van der Waals surface area contributed by atoms with Crippen molar-refractivity contribution in [3.05, 3.63) is 66.0 Å². The fourth-order valence-corrected chi connectivity index (χ4v) is 6.50. The van der Waals surface area contributed by atoms with Crippen LogP contribution in [-0.4, -0.2) is 41.5 Å². The number of aromatic nitrogens is 2. The molecule has 2 fully saturated rings. The van der Waals surface area contributed by atoms with E-state index in [9.17, 15) is 31.5 Å². The number of piperidine rings is 1. The van der Waals surface area contributed by atoms with Crippen LogP contribution < -0.4 is 9.62 Å². The summed E-state index contributed by atoms with van der Waals surface area (Å²) < 4.78 is 70.0. The molecular weight excluding hydrogens is 521 g/mol. The van der Waals surface area contributed by atoms with Gasteiger partial charge in [-0.25, -0.2) is 18.4 Å². The van der Waals surface area contributed by atoms with Crippen molar-refractivity contribution in [2.24, 2.45) is 5.92 Å². The van der Waals surface area contributed by atoms with Crippen molar-refractivity contribution in [3.8, 4) is 11.1 Å². The first-order chi connectivity index (χ1) is 17.9. The Labute approximate surface area is 217 Å². The number of hydrogen-bond acceptors (Lipinski definition) is 6. The molecule has 5 rings (SSSR count). The highest BCUT2D eigenvalue weighted by Gasteiger charge is 2.43. The predicted molar refractivity (Wildman–Crippen MR) is 134 cm³/mol. The van der Waals surface area contributed by atoms with Crippen LogP contribution in [0.1, 0.15) is 36.8 Å². The number of aryl methyl sites for hydroxylation is 1. The third-order valence-electron chi connectivity index (χ3n) is 7.26. The van der Waals surface area contributed by atoms with Crippen LogP contribution >= 0.6 is 0 Å². The average molecular weight is 547 g/mol. The van der Waals surface area contributed by atoms with E-state index in [0.717, 1.165) is 18.9 Å². The van der Waals surface area contributed by atoms with Crippen molar-refractivity contribution < 1.29 is 31.5 Å². The fourth-order valence-electron chi connectivity index (χ4n) is 5.49. The van der Waals surface area contributed by atoms with Gasteiger partial charge in [-0.15, -0.1) is 0 Å². The Morgan fingerprint density at radius 3 is 2.37 bits per heavy atom. The number of hydrogen-bond donors (Lipinski definition) is 2. The number of alkyl halides is 3. The number of nitrogens with zero attached hydrogens (tertiary/aromatic N) is 3. The number of sulfonamides is 1. The first-order valence-electron chi connectivity index (χ1n) is 12.1. The summed E-state index contributed by atoms with van der Waals surface area (Å²) in [5.41, 5.74) is -0.245. The van der Waals surface area contributed by atoms with Gasteiger partial charge in [-0.1, -0.05) is 24.3 Å². The van der Waals surface area contributed by atoms with Gasteiger partial charge in [0.25, 0.3) is 10.0 Å². The highest BCUT2D eigenvalue weighted by molar-refractivity contribution is 7.92. The third kappa shape index (κ3) is 4.92. The van der Waals surface area contributed by atoms with Gasteiger partial charge >= 0.3 is 12.1 Å². The standard InChI is InChI=1S/C26H25F3N4O4S/c1-15-4-2-3-5-20(15)21-13-23(31-14-22(21)26(27,28)29)32-38(36,37)19-8-9-30-24(12-19)33-17-6-7-18(33)11-16(10-17)25(34)35/h2-5,8-9,12-14,16-18H,6-7,10-11H2,1H3,(H,31,32)(H,34,35). The topological polar surface area (TPSA) is 112 Å². The van der Waals surface area contributed by atoms with Gasteiger partial charge in [0, 0.05) is 30.5 Å². The lowest BCUT2D eigenvalue weighted by Crippen LogP contribution is -2.45. The summed E-state index contributed by atoms with van der Waals surface area (Å²) in [6.45, 7) is 1.67. The van der Waals surface area contributed by atoms with Crippen LogP contribution in [0.5, 0.6) is 0 Å². The fraction of sp³-hybridized carbons (Fsp3) is 0.346. The maximum atomic E-state index is 13.7. The SMILES string of the molecule is Cc1ccccc1-c1cc(NS(=O)(=O)c2ccnc(N3C4CCC3CC(C(=O)O)C4)c2)ncc1C(F)(F)F. The third-order valence-corrected chi connectivity index (χ3v) is 8.61. The molecule has 2 atom stereocenters. The largest absolute Gasteiger partial charge is 0.481 e. The quantitative estimate of drug-likeness (QED) is 0.442. The smallest absolute Gasteiger partial charge is 0.418 e. The number of pyridine rings is 2. The van der Waals surface area contributed by atoms with Crippen molar-refractivity contribution in [1.29, 1.82) is 0 Å². The van der Waals surface area contributed by atoms with E-state index in [4.69, 9.17) is 0 Å². The zero-order chi connectivity index (χ0) is 27.2. The molecule has 0 saturated carbocycles. The Morgan fingerprint density at radius 1 is 1.05 bits per heavy atom. The number of nitrogens with one attached hydrogen (secondary N) is 1. The molecule has 3 aromatic rings. The lowest BCUT2D eigenvalue weighted by molar-refractivity contribution is -0.142. The normalized spacial score (nSPS) is 21.4. The molecule has 0 radical (unpaired) electrons. The van der Waals surface area contributed by atoms with Gasteiger partial charge < -0.3 is 10.0 Å². The molecule has 1 aromatic carbocycles. The van der Waals surface area contributed by atoms with Crippen LogP contribution in [0.3, 0.4) is 0 Å². The Morgan fingerprint density at radius 2 is 1.74 bits per heavy atom. The number of benzene rings is 1. The second-order valence-electron chi connectivity index (χ2n) is 9.68. The van der Waals surface area contributed by atoms with Crippen LogP contribution in [0.4, 0.5) is 24.8 Å². The summed E-state index contributed by atoms with van der Waals surface area (Å²) >= 11 is 0. The van der Waals surface area contributed by atoms with Gasteiger partial charge in [0.1, 0.15) is 11.6 Å². The van der Waals surface area contributed by atoms with Crippen LogP contribution in [0.2, 0.25) is 0 Å². The highest BCUT2D eigenvalue weighted by Crippen LogP contribution is 2.42. The minimum atomic E-state index is -4.69. The van der Waals surface area contributed by atoms with Crippen molar-refractivity contribution in [2.75, 3.05) is 9.62 Å². The Kier molecular flexibility index (Phi) is 6.54. The van der Waals surface area contributed by atoms with Gasteiger partial charge in [0.2, 0.25) is 0 Å². The number of rotatable bonds is 6. The molecule has 2 aromatic heterocycles. The number of carbonyl (C=O) groups is 1. The molecule has 2 aliphatic heterocycles. The summed E-state index contributed by atoms with van der Waals surface area (Å²) in [5.74, 6) is -1.10. The second-order valence-corrected chi connectivity index (χ2v) is 11.4. The van der Waals surface area contributed by atoms with E-state index in [-0.39, 0.29) is 28.4 Å². The van der Waals surface area contributed by atoms with E-state index >= 15 is 0 Å². The molecule has 200 valence electrons. The van der Waals surface area contributed by atoms with Gasteiger partial charge in [0.15, 0.2) is 0 Å². The minimum absolute atomic E-state index is 0.0542. The summed E-state index contributed by atoms with van der Waals surface area (Å²) in [6, 6.07) is 10.2. The molecule has 2 aliphatic rings. The number of aliphatic carboxylic acids is 1. The Bertz CT molecular complexity index is 1480. The summed E-state index contributed by atoms with van der Waals surface area (Å²) in [5, 5.41) is 9.43. The first kappa shape index (κ1) is 26.0. The van der Waals surface area contributed by atoms with Crippen LogP contribution in [0.25, 0.3) is 11.1 Å². The molecule has 2 saturated heterocycles. The number of fused-ring (bicyclic) bond motifs is 2.